The molecule has 1 N–H and O–H groups in total. The Labute approximate surface area is 185 Å². The van der Waals surface area contributed by atoms with E-state index in [1.807, 2.05) is 13.0 Å². The molecule has 0 rings (SSSR count). The third-order valence-electron chi connectivity index (χ3n) is 5.51. The summed E-state index contributed by atoms with van der Waals surface area (Å²) in [7, 11) is 0. The van der Waals surface area contributed by atoms with E-state index in [1.54, 1.807) is 6.08 Å². The van der Waals surface area contributed by atoms with Crippen molar-refractivity contribution in [2.24, 2.45) is 5.92 Å². The molecule has 0 aromatic heterocycles. The largest absolute Gasteiger partial charge is 0.481 e. The highest BCUT2D eigenvalue weighted by molar-refractivity contribution is 5.80. The molecule has 4 heteroatoms. The van der Waals surface area contributed by atoms with E-state index in [4.69, 9.17) is 4.74 Å². The predicted octanol–water partition coefficient (Wildman–Crippen LogP) is 7.85. The van der Waals surface area contributed by atoms with Crippen molar-refractivity contribution >= 4 is 11.9 Å². The minimum absolute atomic E-state index is 0.0787. The zero-order valence-electron chi connectivity index (χ0n) is 19.8. The van der Waals surface area contributed by atoms with Gasteiger partial charge >= 0.3 is 11.9 Å². The number of carboxylic acid groups (broad SMARTS) is 1. The van der Waals surface area contributed by atoms with Gasteiger partial charge in [0.15, 0.2) is 0 Å². The second-order valence-corrected chi connectivity index (χ2v) is 8.54. The summed E-state index contributed by atoms with van der Waals surface area (Å²) in [5.41, 5.74) is 0. The number of hydrogen-bond donors (Lipinski definition) is 1. The molecule has 0 fully saturated rings. The number of hydrogen-bond acceptors (Lipinski definition) is 3. The van der Waals surface area contributed by atoms with Crippen molar-refractivity contribution in [2.75, 3.05) is 6.61 Å². The molecule has 0 saturated heterocycles. The number of carboxylic acids is 1. The summed E-state index contributed by atoms with van der Waals surface area (Å²) in [6, 6.07) is 0. The predicted molar refractivity (Wildman–Crippen MR) is 126 cm³/mol. The summed E-state index contributed by atoms with van der Waals surface area (Å²) >= 11 is 0. The summed E-state index contributed by atoms with van der Waals surface area (Å²) < 4.78 is 4.97. The van der Waals surface area contributed by atoms with Crippen LogP contribution in [0.5, 0.6) is 0 Å². The van der Waals surface area contributed by atoms with Gasteiger partial charge in [-0.15, -0.1) is 0 Å². The monoisotopic (exact) mass is 424 g/mol. The lowest BCUT2D eigenvalue weighted by atomic mass is 10.0. The van der Waals surface area contributed by atoms with Crippen LogP contribution in [0.25, 0.3) is 0 Å². The van der Waals surface area contributed by atoms with Crippen molar-refractivity contribution in [3.63, 3.8) is 0 Å². The summed E-state index contributed by atoms with van der Waals surface area (Å²) in [6.45, 7) is 4.54. The number of ether oxygens (including phenoxy) is 1. The summed E-state index contributed by atoms with van der Waals surface area (Å²) in [5.74, 6) is -2.16. The number of carbonyl (C=O) groups is 2. The van der Waals surface area contributed by atoms with E-state index in [0.717, 1.165) is 19.3 Å². The molecule has 176 valence electrons. The van der Waals surface area contributed by atoms with E-state index >= 15 is 0 Å². The molecule has 30 heavy (non-hydrogen) atoms. The molecular formula is C26H48O4. The molecule has 0 aliphatic rings. The van der Waals surface area contributed by atoms with E-state index in [1.165, 1.54) is 89.9 Å². The Hall–Kier alpha value is -1.32. The average molecular weight is 425 g/mol. The highest BCUT2D eigenvalue weighted by Crippen LogP contribution is 2.14. The van der Waals surface area contributed by atoms with Gasteiger partial charge in [-0.1, -0.05) is 116 Å². The Bertz CT molecular complexity index is 431. The van der Waals surface area contributed by atoms with Gasteiger partial charge in [0.2, 0.25) is 0 Å². The van der Waals surface area contributed by atoms with Gasteiger partial charge in [0, 0.05) is 0 Å². The molecule has 0 bridgehead atoms. The van der Waals surface area contributed by atoms with Crippen molar-refractivity contribution < 1.29 is 19.4 Å². The van der Waals surface area contributed by atoms with Crippen LogP contribution in [-0.4, -0.2) is 23.7 Å². The van der Waals surface area contributed by atoms with Gasteiger partial charge in [0.1, 0.15) is 0 Å². The second kappa shape index (κ2) is 22.4. The normalized spacial score (nSPS) is 12.3. The maximum absolute atomic E-state index is 11.6. The Morgan fingerprint density at radius 1 is 0.733 bits per heavy atom. The smallest absolute Gasteiger partial charge is 0.310 e. The number of carbonyl (C=O) groups excluding carboxylic acids is 1. The molecular weight excluding hydrogens is 376 g/mol. The highest BCUT2D eigenvalue weighted by Gasteiger charge is 2.18. The topological polar surface area (TPSA) is 63.6 Å². The highest BCUT2D eigenvalue weighted by atomic mass is 16.5. The summed E-state index contributed by atoms with van der Waals surface area (Å²) in [5, 5.41) is 9.22. The SMILES string of the molecule is CCCCCCCCCCCCCCCCC/C=C/C(CC(=O)OCCC)C(=O)O. The van der Waals surface area contributed by atoms with Crippen molar-refractivity contribution in [2.45, 2.75) is 129 Å². The van der Waals surface area contributed by atoms with Crippen LogP contribution in [0.4, 0.5) is 0 Å². The number of esters is 1. The zero-order valence-corrected chi connectivity index (χ0v) is 19.8. The molecule has 0 saturated carbocycles. The van der Waals surface area contributed by atoms with E-state index in [9.17, 15) is 14.7 Å². The second-order valence-electron chi connectivity index (χ2n) is 8.54. The first-order valence-electron chi connectivity index (χ1n) is 12.7. The van der Waals surface area contributed by atoms with Gasteiger partial charge in [-0.25, -0.2) is 0 Å². The van der Waals surface area contributed by atoms with E-state index in [2.05, 4.69) is 6.92 Å². The summed E-state index contributed by atoms with van der Waals surface area (Å²) in [6.07, 6.45) is 25.3. The maximum Gasteiger partial charge on any atom is 0.310 e. The molecule has 0 aliphatic heterocycles. The lowest BCUT2D eigenvalue weighted by molar-refractivity contribution is -0.150. The third-order valence-corrected chi connectivity index (χ3v) is 5.51. The lowest BCUT2D eigenvalue weighted by Crippen LogP contribution is -2.17. The van der Waals surface area contributed by atoms with Crippen molar-refractivity contribution in [3.8, 4) is 0 Å². The Morgan fingerprint density at radius 2 is 1.20 bits per heavy atom. The fourth-order valence-corrected chi connectivity index (χ4v) is 3.59. The molecule has 0 aromatic carbocycles. The molecule has 0 aliphatic carbocycles. The Kier molecular flexibility index (Phi) is 21.4. The fraction of sp³-hybridized carbons (Fsp3) is 0.846. The van der Waals surface area contributed by atoms with Crippen LogP contribution in [0.3, 0.4) is 0 Å². The maximum atomic E-state index is 11.6. The number of rotatable bonds is 22. The number of allylic oxidation sites excluding steroid dienone is 1. The van der Waals surface area contributed by atoms with Crippen LogP contribution >= 0.6 is 0 Å². The van der Waals surface area contributed by atoms with Crippen LogP contribution in [0, 0.1) is 5.92 Å². The van der Waals surface area contributed by atoms with Crippen LogP contribution in [-0.2, 0) is 14.3 Å². The molecule has 0 radical (unpaired) electrons. The van der Waals surface area contributed by atoms with E-state index in [-0.39, 0.29) is 6.42 Å². The van der Waals surface area contributed by atoms with Gasteiger partial charge in [-0.05, 0) is 19.3 Å². The first kappa shape index (κ1) is 28.7. The van der Waals surface area contributed by atoms with Crippen LogP contribution in [0.15, 0.2) is 12.2 Å². The molecule has 0 amide bonds. The molecule has 1 atom stereocenters. The van der Waals surface area contributed by atoms with Crippen molar-refractivity contribution in [1.82, 2.24) is 0 Å². The van der Waals surface area contributed by atoms with Crippen LogP contribution < -0.4 is 0 Å². The zero-order chi connectivity index (χ0) is 22.3. The minimum atomic E-state index is -0.962. The van der Waals surface area contributed by atoms with Crippen molar-refractivity contribution in [3.05, 3.63) is 12.2 Å². The number of aliphatic carboxylic acids is 1. The Morgan fingerprint density at radius 3 is 1.63 bits per heavy atom. The lowest BCUT2D eigenvalue weighted by Gasteiger charge is -2.07. The molecule has 0 aromatic rings. The van der Waals surface area contributed by atoms with Gasteiger partial charge in [-0.3, -0.25) is 9.59 Å². The molecule has 1 unspecified atom stereocenters. The quantitative estimate of drug-likeness (QED) is 0.109. The molecule has 0 spiro atoms. The van der Waals surface area contributed by atoms with Gasteiger partial charge in [0.25, 0.3) is 0 Å². The first-order chi connectivity index (χ1) is 14.6. The molecule has 0 heterocycles. The first-order valence-corrected chi connectivity index (χ1v) is 12.7. The molecule has 4 nitrogen and oxygen atoms in total. The van der Waals surface area contributed by atoms with Crippen molar-refractivity contribution in [1.29, 1.82) is 0 Å². The van der Waals surface area contributed by atoms with Gasteiger partial charge < -0.3 is 9.84 Å². The Balaban J connectivity index is 3.50. The van der Waals surface area contributed by atoms with Crippen LogP contribution in [0.1, 0.15) is 129 Å². The number of unbranched alkanes of at least 4 members (excludes halogenated alkanes) is 15. The van der Waals surface area contributed by atoms with E-state index < -0.39 is 17.9 Å². The standard InChI is InChI=1S/C26H48O4/c1-3-5-6-7-8-9-10-11-12-13-14-15-16-17-18-19-20-21-24(26(28)29)23-25(27)30-22-4-2/h20-21,24H,3-19,22-23H2,1-2H3,(H,28,29)/b21-20+. The van der Waals surface area contributed by atoms with Gasteiger partial charge in [0.05, 0.1) is 18.9 Å². The average Bonchev–Trinajstić information content (AvgIpc) is 2.73. The van der Waals surface area contributed by atoms with Crippen LogP contribution in [0.2, 0.25) is 0 Å². The van der Waals surface area contributed by atoms with E-state index in [0.29, 0.717) is 6.61 Å². The fourth-order valence-electron chi connectivity index (χ4n) is 3.59. The third kappa shape index (κ3) is 20.0. The minimum Gasteiger partial charge on any atom is -0.481 e. The summed E-state index contributed by atoms with van der Waals surface area (Å²) in [4.78, 5) is 22.8. The van der Waals surface area contributed by atoms with Gasteiger partial charge in [-0.2, -0.15) is 0 Å².